The van der Waals surface area contributed by atoms with Gasteiger partial charge < -0.3 is 15.5 Å². The van der Waals surface area contributed by atoms with Crippen molar-refractivity contribution in [3.8, 4) is 0 Å². The van der Waals surface area contributed by atoms with Crippen LogP contribution in [0.15, 0.2) is 4.99 Å². The van der Waals surface area contributed by atoms with E-state index in [1.807, 2.05) is 0 Å². The number of nitrogens with one attached hydrogen (secondary N) is 2. The van der Waals surface area contributed by atoms with Crippen molar-refractivity contribution in [2.45, 2.75) is 51.9 Å². The molecule has 1 saturated heterocycles. The molecule has 0 aromatic heterocycles. The van der Waals surface area contributed by atoms with E-state index < -0.39 is 0 Å². The van der Waals surface area contributed by atoms with E-state index in [0.29, 0.717) is 13.1 Å². The standard InChI is InChI=1S/C16H30N4O/c1-2-17-16(20-12-6-7-13-20)19-11-10-18-15(21)14-8-4-3-5-9-14/h14H,2-13H2,1H3,(H,17,19)(H,18,21). The first kappa shape index (κ1) is 16.1. The van der Waals surface area contributed by atoms with Gasteiger partial charge in [-0.05, 0) is 32.6 Å². The number of carbonyl (C=O) groups is 1. The molecule has 0 unspecified atom stereocenters. The van der Waals surface area contributed by atoms with Crippen LogP contribution in [0, 0.1) is 5.92 Å². The summed E-state index contributed by atoms with van der Waals surface area (Å²) in [6.45, 7) is 6.50. The predicted molar refractivity (Wildman–Crippen MR) is 86.4 cm³/mol. The van der Waals surface area contributed by atoms with Gasteiger partial charge in [0.25, 0.3) is 0 Å². The zero-order valence-corrected chi connectivity index (χ0v) is 13.4. The topological polar surface area (TPSA) is 56.7 Å². The molecule has 1 saturated carbocycles. The van der Waals surface area contributed by atoms with Crippen LogP contribution < -0.4 is 10.6 Å². The first-order chi connectivity index (χ1) is 10.3. The minimum Gasteiger partial charge on any atom is -0.357 e. The van der Waals surface area contributed by atoms with Crippen molar-refractivity contribution in [3.05, 3.63) is 0 Å². The van der Waals surface area contributed by atoms with E-state index in [9.17, 15) is 4.79 Å². The molecule has 5 nitrogen and oxygen atoms in total. The fourth-order valence-electron chi connectivity index (χ4n) is 3.20. The van der Waals surface area contributed by atoms with Crippen LogP contribution in [-0.2, 0) is 4.79 Å². The van der Waals surface area contributed by atoms with Gasteiger partial charge in [0, 0.05) is 32.1 Å². The molecule has 1 aliphatic heterocycles. The van der Waals surface area contributed by atoms with Crippen LogP contribution in [0.2, 0.25) is 0 Å². The maximum Gasteiger partial charge on any atom is 0.223 e. The average Bonchev–Trinajstić information content (AvgIpc) is 3.05. The summed E-state index contributed by atoms with van der Waals surface area (Å²) in [4.78, 5) is 19.0. The third kappa shape index (κ3) is 5.21. The number of rotatable bonds is 5. The van der Waals surface area contributed by atoms with Crippen LogP contribution in [0.25, 0.3) is 0 Å². The van der Waals surface area contributed by atoms with Crippen molar-refractivity contribution < 1.29 is 4.79 Å². The molecule has 120 valence electrons. The van der Waals surface area contributed by atoms with Crippen molar-refractivity contribution in [2.24, 2.45) is 10.9 Å². The third-order valence-electron chi connectivity index (χ3n) is 4.39. The van der Waals surface area contributed by atoms with Gasteiger partial charge in [-0.25, -0.2) is 0 Å². The SMILES string of the molecule is CCNC(=NCCNC(=O)C1CCCCC1)N1CCCC1. The van der Waals surface area contributed by atoms with Crippen molar-refractivity contribution in [1.29, 1.82) is 0 Å². The molecule has 21 heavy (non-hydrogen) atoms. The van der Waals surface area contributed by atoms with E-state index in [1.54, 1.807) is 0 Å². The lowest BCUT2D eigenvalue weighted by molar-refractivity contribution is -0.125. The second kappa shape index (κ2) is 8.90. The average molecular weight is 294 g/mol. The Kier molecular flexibility index (Phi) is 6.83. The zero-order valence-electron chi connectivity index (χ0n) is 13.4. The van der Waals surface area contributed by atoms with Gasteiger partial charge in [-0.15, -0.1) is 0 Å². The van der Waals surface area contributed by atoms with E-state index in [0.717, 1.165) is 38.4 Å². The Bertz CT molecular complexity index is 344. The molecule has 2 N–H and O–H groups in total. The third-order valence-corrected chi connectivity index (χ3v) is 4.39. The van der Waals surface area contributed by atoms with E-state index in [2.05, 4.69) is 27.4 Å². The Labute approximate surface area is 128 Å². The highest BCUT2D eigenvalue weighted by atomic mass is 16.1. The molecular formula is C16H30N4O. The first-order valence-corrected chi connectivity index (χ1v) is 8.62. The summed E-state index contributed by atoms with van der Waals surface area (Å²) in [7, 11) is 0. The molecule has 1 aliphatic carbocycles. The van der Waals surface area contributed by atoms with Crippen LogP contribution in [0.4, 0.5) is 0 Å². The molecule has 0 bridgehead atoms. The molecule has 0 aromatic rings. The van der Waals surface area contributed by atoms with Gasteiger partial charge in [0.2, 0.25) is 5.91 Å². The van der Waals surface area contributed by atoms with Gasteiger partial charge in [0.15, 0.2) is 5.96 Å². The molecule has 2 fully saturated rings. The second-order valence-corrected chi connectivity index (χ2v) is 6.06. The Hall–Kier alpha value is -1.26. The molecule has 2 rings (SSSR count). The second-order valence-electron chi connectivity index (χ2n) is 6.06. The lowest BCUT2D eigenvalue weighted by atomic mass is 9.89. The van der Waals surface area contributed by atoms with Crippen LogP contribution in [0.1, 0.15) is 51.9 Å². The Morgan fingerprint density at radius 3 is 2.48 bits per heavy atom. The van der Waals surface area contributed by atoms with E-state index in [1.165, 1.54) is 32.1 Å². The number of aliphatic imine (C=N–C) groups is 1. The molecule has 1 heterocycles. The smallest absolute Gasteiger partial charge is 0.223 e. The normalized spacial score (nSPS) is 20.6. The fraction of sp³-hybridized carbons (Fsp3) is 0.875. The monoisotopic (exact) mass is 294 g/mol. The number of hydrogen-bond acceptors (Lipinski definition) is 2. The maximum atomic E-state index is 12.0. The lowest BCUT2D eigenvalue weighted by Crippen LogP contribution is -2.40. The van der Waals surface area contributed by atoms with Crippen LogP contribution in [-0.4, -0.2) is 49.5 Å². The van der Waals surface area contributed by atoms with Crippen molar-refractivity contribution in [1.82, 2.24) is 15.5 Å². The molecule has 0 atom stereocenters. The van der Waals surface area contributed by atoms with Crippen molar-refractivity contribution >= 4 is 11.9 Å². The van der Waals surface area contributed by atoms with Crippen LogP contribution in [0.5, 0.6) is 0 Å². The van der Waals surface area contributed by atoms with Crippen molar-refractivity contribution in [3.63, 3.8) is 0 Å². The summed E-state index contributed by atoms with van der Waals surface area (Å²) in [5.74, 6) is 1.48. The minimum absolute atomic E-state index is 0.232. The van der Waals surface area contributed by atoms with E-state index >= 15 is 0 Å². The van der Waals surface area contributed by atoms with Crippen LogP contribution >= 0.6 is 0 Å². The number of carbonyl (C=O) groups excluding carboxylic acids is 1. The minimum atomic E-state index is 0.232. The molecule has 0 spiro atoms. The van der Waals surface area contributed by atoms with Gasteiger partial charge in [0.05, 0.1) is 6.54 Å². The summed E-state index contributed by atoms with van der Waals surface area (Å²) in [5.41, 5.74) is 0. The summed E-state index contributed by atoms with van der Waals surface area (Å²) in [6.07, 6.45) is 8.32. The Morgan fingerprint density at radius 2 is 1.81 bits per heavy atom. The first-order valence-electron chi connectivity index (χ1n) is 8.62. The Morgan fingerprint density at radius 1 is 1.10 bits per heavy atom. The Balaban J connectivity index is 1.70. The predicted octanol–water partition coefficient (Wildman–Crippen LogP) is 1.74. The fourth-order valence-corrected chi connectivity index (χ4v) is 3.20. The summed E-state index contributed by atoms with van der Waals surface area (Å²) in [5, 5.41) is 6.39. The maximum absolute atomic E-state index is 12.0. The van der Waals surface area contributed by atoms with Gasteiger partial charge in [0.1, 0.15) is 0 Å². The molecule has 2 aliphatic rings. The number of guanidine groups is 1. The van der Waals surface area contributed by atoms with E-state index in [4.69, 9.17) is 0 Å². The van der Waals surface area contributed by atoms with Gasteiger partial charge in [-0.1, -0.05) is 19.3 Å². The van der Waals surface area contributed by atoms with Gasteiger partial charge in [-0.3, -0.25) is 9.79 Å². The molecule has 0 aromatic carbocycles. The summed E-state index contributed by atoms with van der Waals surface area (Å²) < 4.78 is 0. The van der Waals surface area contributed by atoms with E-state index in [-0.39, 0.29) is 11.8 Å². The van der Waals surface area contributed by atoms with Gasteiger partial charge in [-0.2, -0.15) is 0 Å². The summed E-state index contributed by atoms with van der Waals surface area (Å²) >= 11 is 0. The molecular weight excluding hydrogens is 264 g/mol. The van der Waals surface area contributed by atoms with Gasteiger partial charge >= 0.3 is 0 Å². The van der Waals surface area contributed by atoms with Crippen molar-refractivity contribution in [2.75, 3.05) is 32.7 Å². The molecule has 1 amide bonds. The summed E-state index contributed by atoms with van der Waals surface area (Å²) in [6, 6.07) is 0. The lowest BCUT2D eigenvalue weighted by Gasteiger charge is -2.21. The highest BCUT2D eigenvalue weighted by molar-refractivity contribution is 5.80. The highest BCUT2D eigenvalue weighted by Crippen LogP contribution is 2.23. The largest absolute Gasteiger partial charge is 0.357 e. The van der Waals surface area contributed by atoms with Crippen LogP contribution in [0.3, 0.4) is 0 Å². The highest BCUT2D eigenvalue weighted by Gasteiger charge is 2.20. The number of nitrogens with zero attached hydrogens (tertiary/aromatic N) is 2. The number of likely N-dealkylation sites (tertiary alicyclic amines) is 1. The number of amides is 1. The number of hydrogen-bond donors (Lipinski definition) is 2. The zero-order chi connectivity index (χ0) is 14.9. The molecule has 5 heteroatoms. The molecule has 0 radical (unpaired) electrons. The quantitative estimate of drug-likeness (QED) is 0.461.